The zero-order valence-electron chi connectivity index (χ0n) is 11.7. The Hall–Kier alpha value is -1.97. The number of nitrogens with one attached hydrogen (secondary N) is 1. The number of anilines is 2. The van der Waals surface area contributed by atoms with E-state index in [0.717, 1.165) is 4.57 Å². The third kappa shape index (κ3) is 2.82. The van der Waals surface area contributed by atoms with E-state index >= 15 is 0 Å². The van der Waals surface area contributed by atoms with Gasteiger partial charge in [-0.25, -0.2) is 4.39 Å². The van der Waals surface area contributed by atoms with Crippen molar-refractivity contribution in [2.24, 2.45) is 5.73 Å². The normalized spacial score (nSPS) is 16.2. The minimum Gasteiger partial charge on any atom is -0.369 e. The largest absolute Gasteiger partial charge is 0.369 e. The van der Waals surface area contributed by atoms with E-state index in [4.69, 9.17) is 5.73 Å². The summed E-state index contributed by atoms with van der Waals surface area (Å²) in [5, 5.41) is 2.52. The summed E-state index contributed by atoms with van der Waals surface area (Å²) in [6.45, 7) is 0.202. The minimum atomic E-state index is -1.07. The lowest BCUT2D eigenvalue weighted by molar-refractivity contribution is -0.119. The van der Waals surface area contributed by atoms with Gasteiger partial charge in [-0.3, -0.25) is 9.59 Å². The molecule has 0 bridgehead atoms. The van der Waals surface area contributed by atoms with Crippen LogP contribution in [0.15, 0.2) is 23.0 Å². The van der Waals surface area contributed by atoms with Crippen LogP contribution in [0.1, 0.15) is 18.0 Å². The number of benzene rings is 1. The first-order valence-electron chi connectivity index (χ1n) is 6.75. The lowest BCUT2D eigenvalue weighted by atomic mass is 10.0. The van der Waals surface area contributed by atoms with E-state index in [1.165, 1.54) is 12.1 Å². The van der Waals surface area contributed by atoms with E-state index in [0.29, 0.717) is 9.99 Å². The van der Waals surface area contributed by atoms with Crippen molar-refractivity contribution in [3.63, 3.8) is 0 Å². The molecule has 0 fully saturated rings. The van der Waals surface area contributed by atoms with Gasteiger partial charge >= 0.3 is 0 Å². The number of carbonyl (C=O) groups excluding carboxylic acids is 1. The third-order valence-electron chi connectivity index (χ3n) is 3.70. The summed E-state index contributed by atoms with van der Waals surface area (Å²) in [6, 6.07) is 7.00. The highest BCUT2D eigenvalue weighted by molar-refractivity contribution is 14.1. The number of carbonyl (C=O) groups is 1. The molecule has 3 rings (SSSR count). The topological polar surface area (TPSA) is 77.1 Å². The van der Waals surface area contributed by atoms with Crippen LogP contribution in [0.2, 0.25) is 0 Å². The SMILES string of the molecule is NC(=O)C1CCn2c1[c]c(Nc1ccc(I)cc1F)c(F)c2=O. The summed E-state index contributed by atoms with van der Waals surface area (Å²) in [4.78, 5) is 23.5. The highest BCUT2D eigenvalue weighted by Crippen LogP contribution is 2.30. The Morgan fingerprint density at radius 3 is 2.83 bits per heavy atom. The molecule has 2 aromatic rings. The fourth-order valence-electron chi connectivity index (χ4n) is 2.57. The summed E-state index contributed by atoms with van der Waals surface area (Å²) in [6.07, 6.45) is 0.321. The minimum absolute atomic E-state index is 0.0125. The van der Waals surface area contributed by atoms with Crippen LogP contribution >= 0.6 is 22.6 Å². The molecule has 2 heterocycles. The molecule has 119 valence electrons. The van der Waals surface area contributed by atoms with Crippen molar-refractivity contribution in [3.05, 3.63) is 55.5 Å². The predicted octanol–water partition coefficient (Wildman–Crippen LogP) is 2.25. The number of primary amides is 1. The Kier molecular flexibility index (Phi) is 4.09. The van der Waals surface area contributed by atoms with Crippen molar-refractivity contribution in [1.29, 1.82) is 0 Å². The fourth-order valence-corrected chi connectivity index (χ4v) is 3.02. The lowest BCUT2D eigenvalue weighted by Crippen LogP contribution is -2.26. The summed E-state index contributed by atoms with van der Waals surface area (Å²) < 4.78 is 29.9. The number of fused-ring (bicyclic) bond motifs is 1. The van der Waals surface area contributed by atoms with Crippen LogP contribution in [0.4, 0.5) is 20.2 Å². The molecule has 1 aliphatic heterocycles. The second-order valence-electron chi connectivity index (χ2n) is 5.15. The molecule has 1 aliphatic rings. The van der Waals surface area contributed by atoms with Crippen molar-refractivity contribution in [2.75, 3.05) is 5.32 Å². The van der Waals surface area contributed by atoms with Crippen LogP contribution in [0, 0.1) is 21.3 Å². The van der Waals surface area contributed by atoms with Crippen molar-refractivity contribution < 1.29 is 13.6 Å². The molecule has 8 heteroatoms. The van der Waals surface area contributed by atoms with Gasteiger partial charge in [0.05, 0.1) is 17.3 Å². The average Bonchev–Trinajstić information content (AvgIpc) is 2.91. The average molecular weight is 430 g/mol. The van der Waals surface area contributed by atoms with Crippen molar-refractivity contribution in [2.45, 2.75) is 18.9 Å². The van der Waals surface area contributed by atoms with E-state index in [1.807, 2.05) is 22.6 Å². The first-order valence-corrected chi connectivity index (χ1v) is 7.83. The first-order chi connectivity index (χ1) is 10.9. The third-order valence-corrected chi connectivity index (χ3v) is 4.37. The maximum Gasteiger partial charge on any atom is 0.289 e. The lowest BCUT2D eigenvalue weighted by Gasteiger charge is -2.12. The van der Waals surface area contributed by atoms with Gasteiger partial charge in [-0.05, 0) is 47.2 Å². The van der Waals surface area contributed by atoms with Gasteiger partial charge in [-0.2, -0.15) is 4.39 Å². The summed E-state index contributed by atoms with van der Waals surface area (Å²) in [5.74, 6) is -2.97. The molecule has 1 amide bonds. The Labute approximate surface area is 143 Å². The van der Waals surface area contributed by atoms with Crippen molar-refractivity contribution in [3.8, 4) is 0 Å². The molecule has 1 unspecified atom stereocenters. The standard InChI is InChI=1S/C15H11F2IN3O2/c16-9-5-7(18)1-2-10(9)20-11-6-12-8(14(19)22)3-4-21(12)15(23)13(11)17/h1-2,5,8,20H,3-4H2,(H2,19,22). The van der Waals surface area contributed by atoms with E-state index in [9.17, 15) is 18.4 Å². The zero-order chi connectivity index (χ0) is 16.7. The van der Waals surface area contributed by atoms with Gasteiger partial charge in [-0.15, -0.1) is 0 Å². The molecule has 0 saturated heterocycles. The van der Waals surface area contributed by atoms with Crippen LogP contribution in [0.5, 0.6) is 0 Å². The summed E-state index contributed by atoms with van der Waals surface area (Å²) in [5.41, 5.74) is 4.35. The quantitative estimate of drug-likeness (QED) is 0.734. The van der Waals surface area contributed by atoms with E-state index in [2.05, 4.69) is 11.4 Å². The van der Waals surface area contributed by atoms with Gasteiger partial charge in [0, 0.05) is 21.9 Å². The Bertz CT molecular complexity index is 867. The molecular weight excluding hydrogens is 419 g/mol. The number of nitrogens with zero attached hydrogens (tertiary/aromatic N) is 1. The second-order valence-corrected chi connectivity index (χ2v) is 6.39. The van der Waals surface area contributed by atoms with E-state index in [-0.39, 0.29) is 23.6 Å². The molecular formula is C15H11F2IN3O2. The number of halogens is 3. The molecule has 23 heavy (non-hydrogen) atoms. The maximum atomic E-state index is 14.2. The number of amides is 1. The molecule has 0 aliphatic carbocycles. The van der Waals surface area contributed by atoms with Crippen LogP contribution < -0.4 is 16.6 Å². The molecule has 1 atom stereocenters. The van der Waals surface area contributed by atoms with Crippen molar-refractivity contribution in [1.82, 2.24) is 4.57 Å². The first kappa shape index (κ1) is 15.9. The van der Waals surface area contributed by atoms with Crippen LogP contribution in [0.3, 0.4) is 0 Å². The highest BCUT2D eigenvalue weighted by atomic mass is 127. The molecule has 1 aromatic carbocycles. The smallest absolute Gasteiger partial charge is 0.289 e. The van der Waals surface area contributed by atoms with Crippen LogP contribution in [-0.4, -0.2) is 10.5 Å². The Morgan fingerprint density at radius 2 is 2.17 bits per heavy atom. The van der Waals surface area contributed by atoms with Crippen molar-refractivity contribution >= 4 is 39.9 Å². The maximum absolute atomic E-state index is 14.2. The monoisotopic (exact) mass is 430 g/mol. The summed E-state index contributed by atoms with van der Waals surface area (Å²) in [7, 11) is 0. The number of hydrogen-bond donors (Lipinski definition) is 2. The second kappa shape index (κ2) is 5.91. The fraction of sp³-hybridized carbons (Fsp3) is 0.200. The number of rotatable bonds is 3. The van der Waals surface area contributed by atoms with Gasteiger partial charge in [0.25, 0.3) is 5.56 Å². The van der Waals surface area contributed by atoms with Gasteiger partial charge in [0.15, 0.2) is 0 Å². The van der Waals surface area contributed by atoms with Gasteiger partial charge < -0.3 is 15.6 Å². The molecule has 3 N–H and O–H groups in total. The molecule has 5 nitrogen and oxygen atoms in total. The summed E-state index contributed by atoms with van der Waals surface area (Å²) >= 11 is 1.94. The Morgan fingerprint density at radius 1 is 1.43 bits per heavy atom. The van der Waals surface area contributed by atoms with Gasteiger partial charge in [-0.1, -0.05) is 0 Å². The van der Waals surface area contributed by atoms with Gasteiger partial charge in [0.1, 0.15) is 5.82 Å². The number of hydrogen-bond acceptors (Lipinski definition) is 3. The van der Waals surface area contributed by atoms with Gasteiger partial charge in [0.2, 0.25) is 11.7 Å². The molecule has 0 saturated carbocycles. The number of nitrogens with two attached hydrogens (primary N) is 1. The zero-order valence-corrected chi connectivity index (χ0v) is 13.9. The van der Waals surface area contributed by atoms with Crippen LogP contribution in [0.25, 0.3) is 0 Å². The molecule has 1 aromatic heterocycles. The van der Waals surface area contributed by atoms with Crippen LogP contribution in [-0.2, 0) is 11.3 Å². The Balaban J connectivity index is 2.07. The molecule has 1 radical (unpaired) electrons. The van der Waals surface area contributed by atoms with E-state index in [1.54, 1.807) is 6.07 Å². The highest BCUT2D eigenvalue weighted by Gasteiger charge is 2.30. The molecule has 0 spiro atoms. The number of pyridine rings is 1. The van der Waals surface area contributed by atoms with E-state index < -0.39 is 29.0 Å². The predicted molar refractivity (Wildman–Crippen MR) is 88.4 cm³/mol. The number of aromatic nitrogens is 1.